The van der Waals surface area contributed by atoms with E-state index in [1.807, 2.05) is 41.4 Å². The predicted octanol–water partition coefficient (Wildman–Crippen LogP) is 2.86. The number of carbonyl (C=O) groups is 1. The standard InChI is InChI=1S/C19H27N5O/c1-16(2)18-20-8-9-23(18)13-10-22-11-14-24(15-12-22)19(25)21-17-6-4-3-5-7-17/h3-9,16H,10-15H2,1-2H3,(H,21,25). The number of hydrogen-bond donors (Lipinski definition) is 1. The zero-order chi connectivity index (χ0) is 17.6. The van der Waals surface area contributed by atoms with Crippen molar-refractivity contribution in [2.24, 2.45) is 0 Å². The topological polar surface area (TPSA) is 53.4 Å². The number of para-hydroxylation sites is 1. The van der Waals surface area contributed by atoms with Crippen LogP contribution in [0.2, 0.25) is 0 Å². The smallest absolute Gasteiger partial charge is 0.321 e. The third-order valence-corrected chi connectivity index (χ3v) is 4.61. The fourth-order valence-corrected chi connectivity index (χ4v) is 3.16. The number of anilines is 1. The van der Waals surface area contributed by atoms with Gasteiger partial charge in [0.25, 0.3) is 0 Å². The third-order valence-electron chi connectivity index (χ3n) is 4.61. The molecule has 25 heavy (non-hydrogen) atoms. The van der Waals surface area contributed by atoms with E-state index >= 15 is 0 Å². The van der Waals surface area contributed by atoms with E-state index in [-0.39, 0.29) is 6.03 Å². The molecule has 1 N–H and O–H groups in total. The van der Waals surface area contributed by atoms with Crippen LogP contribution < -0.4 is 5.32 Å². The van der Waals surface area contributed by atoms with Gasteiger partial charge < -0.3 is 14.8 Å². The molecule has 1 fully saturated rings. The molecule has 134 valence electrons. The predicted molar refractivity (Wildman–Crippen MR) is 99.8 cm³/mol. The molecule has 1 aliphatic heterocycles. The molecular formula is C19H27N5O. The minimum Gasteiger partial charge on any atom is -0.333 e. The number of imidazole rings is 1. The van der Waals surface area contributed by atoms with Crippen LogP contribution in [0.25, 0.3) is 0 Å². The van der Waals surface area contributed by atoms with Gasteiger partial charge in [-0.15, -0.1) is 0 Å². The molecule has 0 spiro atoms. The van der Waals surface area contributed by atoms with Crippen molar-refractivity contribution in [1.82, 2.24) is 19.4 Å². The van der Waals surface area contributed by atoms with Gasteiger partial charge in [-0.25, -0.2) is 9.78 Å². The van der Waals surface area contributed by atoms with Gasteiger partial charge in [-0.2, -0.15) is 0 Å². The van der Waals surface area contributed by atoms with Crippen LogP contribution in [0.4, 0.5) is 10.5 Å². The maximum absolute atomic E-state index is 12.3. The maximum atomic E-state index is 12.3. The van der Waals surface area contributed by atoms with Gasteiger partial charge in [-0.1, -0.05) is 32.0 Å². The molecule has 6 nitrogen and oxygen atoms in total. The summed E-state index contributed by atoms with van der Waals surface area (Å²) >= 11 is 0. The van der Waals surface area contributed by atoms with Gasteiger partial charge in [0, 0.05) is 63.3 Å². The number of nitrogens with zero attached hydrogens (tertiary/aromatic N) is 4. The molecule has 0 unspecified atom stereocenters. The third kappa shape index (κ3) is 4.60. The number of carbonyl (C=O) groups excluding carboxylic acids is 1. The number of rotatable bonds is 5. The van der Waals surface area contributed by atoms with E-state index in [4.69, 9.17) is 0 Å². The largest absolute Gasteiger partial charge is 0.333 e. The van der Waals surface area contributed by atoms with Gasteiger partial charge >= 0.3 is 6.03 Å². The maximum Gasteiger partial charge on any atom is 0.321 e. The average molecular weight is 341 g/mol. The summed E-state index contributed by atoms with van der Waals surface area (Å²) in [5.41, 5.74) is 0.844. The first kappa shape index (κ1) is 17.5. The quantitative estimate of drug-likeness (QED) is 0.910. The van der Waals surface area contributed by atoms with Crippen molar-refractivity contribution in [2.75, 3.05) is 38.0 Å². The second-order valence-electron chi connectivity index (χ2n) is 6.76. The molecule has 1 aliphatic rings. The molecule has 0 saturated carbocycles. The number of aromatic nitrogens is 2. The van der Waals surface area contributed by atoms with Crippen molar-refractivity contribution in [3.63, 3.8) is 0 Å². The summed E-state index contributed by atoms with van der Waals surface area (Å²) in [5.74, 6) is 1.58. The van der Waals surface area contributed by atoms with E-state index in [1.54, 1.807) is 0 Å². The number of piperazine rings is 1. The molecule has 1 aromatic carbocycles. The van der Waals surface area contributed by atoms with E-state index < -0.39 is 0 Å². The van der Waals surface area contributed by atoms with Crippen LogP contribution in [0.3, 0.4) is 0 Å². The zero-order valence-electron chi connectivity index (χ0n) is 15.1. The van der Waals surface area contributed by atoms with E-state index in [0.29, 0.717) is 5.92 Å². The molecular weight excluding hydrogens is 314 g/mol. The van der Waals surface area contributed by atoms with Gasteiger partial charge in [0.2, 0.25) is 0 Å². The van der Waals surface area contributed by atoms with Crippen molar-refractivity contribution in [3.05, 3.63) is 48.5 Å². The van der Waals surface area contributed by atoms with Crippen molar-refractivity contribution >= 4 is 11.7 Å². The fourth-order valence-electron chi connectivity index (χ4n) is 3.16. The van der Waals surface area contributed by atoms with Crippen LogP contribution >= 0.6 is 0 Å². The lowest BCUT2D eigenvalue weighted by Gasteiger charge is -2.34. The minimum atomic E-state index is -0.0115. The normalized spacial score (nSPS) is 15.6. The lowest BCUT2D eigenvalue weighted by molar-refractivity contribution is 0.144. The molecule has 6 heteroatoms. The fraction of sp³-hybridized carbons (Fsp3) is 0.474. The summed E-state index contributed by atoms with van der Waals surface area (Å²) in [6.07, 6.45) is 3.93. The highest BCUT2D eigenvalue weighted by atomic mass is 16.2. The molecule has 3 rings (SSSR count). The van der Waals surface area contributed by atoms with Crippen molar-refractivity contribution in [3.8, 4) is 0 Å². The Kier molecular flexibility index (Phi) is 5.71. The molecule has 0 radical (unpaired) electrons. The van der Waals surface area contributed by atoms with Crippen LogP contribution in [0, 0.1) is 0 Å². The lowest BCUT2D eigenvalue weighted by Crippen LogP contribution is -2.50. The summed E-state index contributed by atoms with van der Waals surface area (Å²) in [4.78, 5) is 21.1. The molecule has 2 aromatic rings. The van der Waals surface area contributed by atoms with Crippen molar-refractivity contribution in [1.29, 1.82) is 0 Å². The van der Waals surface area contributed by atoms with Gasteiger partial charge in [0.1, 0.15) is 5.82 Å². The Morgan fingerprint density at radius 3 is 2.52 bits per heavy atom. The van der Waals surface area contributed by atoms with E-state index in [1.165, 1.54) is 0 Å². The average Bonchev–Trinajstić information content (AvgIpc) is 3.10. The molecule has 2 heterocycles. The van der Waals surface area contributed by atoms with Crippen LogP contribution in [0.15, 0.2) is 42.7 Å². The highest BCUT2D eigenvalue weighted by Crippen LogP contribution is 2.12. The summed E-state index contributed by atoms with van der Waals surface area (Å²) in [7, 11) is 0. The van der Waals surface area contributed by atoms with Crippen LogP contribution in [0.5, 0.6) is 0 Å². The Morgan fingerprint density at radius 1 is 1.12 bits per heavy atom. The Balaban J connectivity index is 1.44. The molecule has 1 saturated heterocycles. The van der Waals surface area contributed by atoms with E-state index in [2.05, 4.69) is 39.8 Å². The minimum absolute atomic E-state index is 0.0115. The van der Waals surface area contributed by atoms with Gasteiger partial charge in [-0.3, -0.25) is 4.90 Å². The summed E-state index contributed by atoms with van der Waals surface area (Å²) < 4.78 is 2.24. The monoisotopic (exact) mass is 341 g/mol. The van der Waals surface area contributed by atoms with Gasteiger partial charge in [-0.05, 0) is 12.1 Å². The molecule has 0 aliphatic carbocycles. The molecule has 0 bridgehead atoms. The first-order valence-electron chi connectivity index (χ1n) is 8.98. The summed E-state index contributed by atoms with van der Waals surface area (Å²) in [6.45, 7) is 9.63. The molecule has 0 atom stereocenters. The molecule has 2 amide bonds. The number of benzene rings is 1. The number of nitrogens with one attached hydrogen (secondary N) is 1. The van der Waals surface area contributed by atoms with Crippen LogP contribution in [-0.2, 0) is 6.54 Å². The highest BCUT2D eigenvalue weighted by Gasteiger charge is 2.21. The lowest BCUT2D eigenvalue weighted by atomic mass is 10.2. The first-order chi connectivity index (χ1) is 12.1. The highest BCUT2D eigenvalue weighted by molar-refractivity contribution is 5.89. The number of hydrogen-bond acceptors (Lipinski definition) is 3. The van der Waals surface area contributed by atoms with E-state index in [9.17, 15) is 4.79 Å². The second kappa shape index (κ2) is 8.16. The van der Waals surface area contributed by atoms with Crippen molar-refractivity contribution in [2.45, 2.75) is 26.3 Å². The first-order valence-corrected chi connectivity index (χ1v) is 8.98. The summed E-state index contributed by atoms with van der Waals surface area (Å²) in [5, 5.41) is 2.96. The van der Waals surface area contributed by atoms with Gasteiger partial charge in [0.15, 0.2) is 0 Å². The number of amides is 2. The van der Waals surface area contributed by atoms with Crippen LogP contribution in [-0.4, -0.2) is 58.1 Å². The Hall–Kier alpha value is -2.34. The van der Waals surface area contributed by atoms with Crippen LogP contribution in [0.1, 0.15) is 25.6 Å². The van der Waals surface area contributed by atoms with Crippen molar-refractivity contribution < 1.29 is 4.79 Å². The molecule has 1 aromatic heterocycles. The Labute approximate surface area is 149 Å². The SMILES string of the molecule is CC(C)c1nccn1CCN1CCN(C(=O)Nc2ccccc2)CC1. The zero-order valence-corrected chi connectivity index (χ0v) is 15.1. The second-order valence-corrected chi connectivity index (χ2v) is 6.76. The van der Waals surface area contributed by atoms with E-state index in [0.717, 1.165) is 50.8 Å². The number of urea groups is 1. The van der Waals surface area contributed by atoms with Gasteiger partial charge in [0.05, 0.1) is 0 Å². The Bertz CT molecular complexity index is 674. The Morgan fingerprint density at radius 2 is 1.84 bits per heavy atom. The summed E-state index contributed by atoms with van der Waals surface area (Å²) in [6, 6.07) is 9.60.